The van der Waals surface area contributed by atoms with Crippen LogP contribution in [-0.4, -0.2) is 50.3 Å². The molecule has 0 amide bonds. The number of alkyl halides is 12. The average Bonchev–Trinajstić information content (AvgIpc) is 2.42. The van der Waals surface area contributed by atoms with Crippen LogP contribution >= 0.6 is 0 Å². The molecule has 28 heavy (non-hydrogen) atoms. The molecule has 0 aliphatic heterocycles. The van der Waals surface area contributed by atoms with Crippen LogP contribution in [0.1, 0.15) is 25.7 Å². The van der Waals surface area contributed by atoms with Gasteiger partial charge >= 0.3 is 46.2 Å². The summed E-state index contributed by atoms with van der Waals surface area (Å²) in [4.78, 5) is 11.0. The van der Waals surface area contributed by atoms with Crippen LogP contribution < -0.4 is 0 Å². The third kappa shape index (κ3) is 6.88. The van der Waals surface area contributed by atoms with Gasteiger partial charge in [0, 0.05) is 19.3 Å². The second-order valence-electron chi connectivity index (χ2n) is 5.30. The normalized spacial score (nSPS) is 14.9. The van der Waals surface area contributed by atoms with Gasteiger partial charge in [-0.15, -0.1) is 0 Å². The van der Waals surface area contributed by atoms with Gasteiger partial charge in [0.05, 0.1) is 5.75 Å². The fourth-order valence-corrected chi connectivity index (χ4v) is 2.40. The molecule has 17 heteroatoms. The van der Waals surface area contributed by atoms with Gasteiger partial charge in [0.2, 0.25) is 0 Å². The van der Waals surface area contributed by atoms with Gasteiger partial charge in [-0.3, -0.25) is 4.79 Å². The summed E-state index contributed by atoms with van der Waals surface area (Å²) < 4.78 is 173. The van der Waals surface area contributed by atoms with E-state index in [0.29, 0.717) is 0 Å². The van der Waals surface area contributed by atoms with Crippen LogP contribution in [0.3, 0.4) is 0 Å². The Bertz CT molecular complexity index is 649. The van der Waals surface area contributed by atoms with Crippen LogP contribution in [-0.2, 0) is 19.1 Å². The molecule has 0 bridgehead atoms. The molecule has 0 radical (unpaired) electrons. The highest BCUT2D eigenvalue weighted by atomic mass is 32.2. The van der Waals surface area contributed by atoms with Gasteiger partial charge in [-0.1, -0.05) is 0 Å². The molecule has 0 saturated carbocycles. The fraction of sp³-hybridized carbons (Fsp3) is 0.909. The molecule has 0 heterocycles. The molecule has 168 valence electrons. The zero-order valence-electron chi connectivity index (χ0n) is 13.1. The van der Waals surface area contributed by atoms with E-state index in [1.807, 2.05) is 0 Å². The second kappa shape index (κ2) is 8.14. The standard InChI is InChI=1S/C11H10F12O4S/c12-7(13,9(16,17)11(21,22)23)4-5-28(25,26)27-6(24)2-1-3-8(14,15)10(18,19)20/h1-5H2. The maximum atomic E-state index is 12.9. The van der Waals surface area contributed by atoms with E-state index in [1.165, 1.54) is 0 Å². The molecule has 0 aromatic rings. The lowest BCUT2D eigenvalue weighted by Gasteiger charge is -2.27. The van der Waals surface area contributed by atoms with Crippen molar-refractivity contribution in [2.24, 2.45) is 0 Å². The molecular formula is C11H10F12O4S. The average molecular weight is 466 g/mol. The molecule has 0 aromatic carbocycles. The monoisotopic (exact) mass is 466 g/mol. The van der Waals surface area contributed by atoms with Gasteiger partial charge in [0.1, 0.15) is 0 Å². The first-order chi connectivity index (χ1) is 12.1. The Morgan fingerprint density at radius 1 is 0.714 bits per heavy atom. The summed E-state index contributed by atoms with van der Waals surface area (Å²) in [5.74, 6) is -21.9. The zero-order valence-corrected chi connectivity index (χ0v) is 13.9. The quantitative estimate of drug-likeness (QED) is 0.372. The largest absolute Gasteiger partial charge is 0.459 e. The number of hydrogen-bond acceptors (Lipinski definition) is 4. The molecule has 0 saturated heterocycles. The van der Waals surface area contributed by atoms with Crippen LogP contribution in [0.25, 0.3) is 0 Å². The van der Waals surface area contributed by atoms with Crippen LogP contribution in [0.15, 0.2) is 0 Å². The Kier molecular flexibility index (Phi) is 7.72. The molecule has 0 aliphatic carbocycles. The molecule has 4 nitrogen and oxygen atoms in total. The maximum Gasteiger partial charge on any atom is 0.459 e. The van der Waals surface area contributed by atoms with Crippen molar-refractivity contribution in [1.29, 1.82) is 0 Å². The topological polar surface area (TPSA) is 60.4 Å². The van der Waals surface area contributed by atoms with Crippen molar-refractivity contribution in [3.63, 3.8) is 0 Å². The Hall–Kier alpha value is -1.42. The van der Waals surface area contributed by atoms with Crippen LogP contribution in [0, 0.1) is 0 Å². The van der Waals surface area contributed by atoms with Gasteiger partial charge in [0.15, 0.2) is 0 Å². The lowest BCUT2D eigenvalue weighted by Crippen LogP contribution is -2.52. The van der Waals surface area contributed by atoms with E-state index in [1.54, 1.807) is 0 Å². The molecule has 0 unspecified atom stereocenters. The summed E-state index contributed by atoms with van der Waals surface area (Å²) in [6, 6.07) is 0. The summed E-state index contributed by atoms with van der Waals surface area (Å²) >= 11 is 0. The second-order valence-corrected chi connectivity index (χ2v) is 6.99. The smallest absolute Gasteiger partial charge is 0.346 e. The van der Waals surface area contributed by atoms with E-state index < -0.39 is 77.6 Å². The number of carbonyl (C=O) groups excluding carboxylic acids is 1. The van der Waals surface area contributed by atoms with Crippen molar-refractivity contribution in [3.8, 4) is 0 Å². The fourth-order valence-electron chi connectivity index (χ4n) is 1.44. The summed E-state index contributed by atoms with van der Waals surface area (Å²) in [6.07, 6.45) is -19.9. The molecule has 0 fully saturated rings. The van der Waals surface area contributed by atoms with Crippen LogP contribution in [0.2, 0.25) is 0 Å². The number of carbonyl (C=O) groups is 1. The Labute approximate surface area is 148 Å². The summed E-state index contributed by atoms with van der Waals surface area (Å²) in [5, 5.41) is 0. The van der Waals surface area contributed by atoms with Gasteiger partial charge in [-0.05, 0) is 6.42 Å². The molecule has 0 atom stereocenters. The zero-order chi connectivity index (χ0) is 22.8. The van der Waals surface area contributed by atoms with Crippen molar-refractivity contribution < 1.29 is 70.1 Å². The predicted molar refractivity (Wildman–Crippen MR) is 65.3 cm³/mol. The van der Waals surface area contributed by atoms with Gasteiger partial charge in [-0.2, -0.15) is 61.1 Å². The van der Waals surface area contributed by atoms with Crippen molar-refractivity contribution >= 4 is 16.1 Å². The van der Waals surface area contributed by atoms with Crippen molar-refractivity contribution in [2.45, 2.75) is 55.8 Å². The lowest BCUT2D eigenvalue weighted by atomic mass is 10.1. The van der Waals surface area contributed by atoms with Crippen LogP contribution in [0.4, 0.5) is 52.7 Å². The highest BCUT2D eigenvalue weighted by Crippen LogP contribution is 2.48. The maximum absolute atomic E-state index is 12.9. The Morgan fingerprint density at radius 3 is 1.57 bits per heavy atom. The molecule has 0 aliphatic rings. The third-order valence-corrected chi connectivity index (χ3v) is 4.13. The first-order valence-corrected chi connectivity index (χ1v) is 8.35. The molecule has 0 rings (SSSR count). The third-order valence-electron chi connectivity index (χ3n) is 2.99. The lowest BCUT2D eigenvalue weighted by molar-refractivity contribution is -0.354. The van der Waals surface area contributed by atoms with E-state index >= 15 is 0 Å². The summed E-state index contributed by atoms with van der Waals surface area (Å²) in [7, 11) is -5.45. The minimum atomic E-state index is -6.72. The highest BCUT2D eigenvalue weighted by molar-refractivity contribution is 7.87. The SMILES string of the molecule is O=C(CCCC(F)(F)C(F)(F)F)OS(=O)(=O)CCC(F)(F)C(F)(F)C(F)(F)F. The van der Waals surface area contributed by atoms with E-state index in [9.17, 15) is 65.9 Å². The molecular weight excluding hydrogens is 456 g/mol. The number of hydrogen-bond donors (Lipinski definition) is 0. The van der Waals surface area contributed by atoms with E-state index in [0.717, 1.165) is 0 Å². The van der Waals surface area contributed by atoms with Crippen molar-refractivity contribution in [2.75, 3.05) is 5.75 Å². The van der Waals surface area contributed by atoms with Crippen molar-refractivity contribution in [3.05, 3.63) is 0 Å². The summed E-state index contributed by atoms with van der Waals surface area (Å²) in [5.41, 5.74) is 0. The molecule has 0 spiro atoms. The first-order valence-electron chi connectivity index (χ1n) is 6.78. The van der Waals surface area contributed by atoms with E-state index in [-0.39, 0.29) is 0 Å². The van der Waals surface area contributed by atoms with Gasteiger partial charge in [0.25, 0.3) is 0 Å². The first kappa shape index (κ1) is 26.6. The minimum absolute atomic E-state index is 1.26. The number of rotatable bonds is 9. The van der Waals surface area contributed by atoms with Gasteiger partial charge < -0.3 is 4.18 Å². The van der Waals surface area contributed by atoms with E-state index in [2.05, 4.69) is 4.18 Å². The van der Waals surface area contributed by atoms with Crippen LogP contribution in [0.5, 0.6) is 0 Å². The van der Waals surface area contributed by atoms with Crippen molar-refractivity contribution in [1.82, 2.24) is 0 Å². The van der Waals surface area contributed by atoms with Gasteiger partial charge in [-0.25, -0.2) is 0 Å². The Morgan fingerprint density at radius 2 is 1.18 bits per heavy atom. The molecule has 0 aromatic heterocycles. The molecule has 0 N–H and O–H groups in total. The predicted octanol–water partition coefficient (Wildman–Crippen LogP) is 4.45. The number of halogens is 12. The highest BCUT2D eigenvalue weighted by Gasteiger charge is 2.72. The minimum Gasteiger partial charge on any atom is -0.346 e. The van der Waals surface area contributed by atoms with E-state index in [4.69, 9.17) is 0 Å². The summed E-state index contributed by atoms with van der Waals surface area (Å²) in [6.45, 7) is 0. The Balaban J connectivity index is 4.77.